The molecule has 0 bridgehead atoms. The molecular formula is C16H23NO2. The monoisotopic (exact) mass is 261 g/mol. The molecule has 1 fully saturated rings. The highest BCUT2D eigenvalue weighted by atomic mass is 16.3. The van der Waals surface area contributed by atoms with E-state index in [1.807, 2.05) is 44.2 Å². The lowest BCUT2D eigenvalue weighted by Crippen LogP contribution is -2.39. The number of nitrogens with one attached hydrogen (secondary N) is 1. The van der Waals surface area contributed by atoms with E-state index in [1.54, 1.807) is 0 Å². The molecule has 1 aromatic carbocycles. The Morgan fingerprint density at radius 2 is 2.00 bits per heavy atom. The lowest BCUT2D eigenvalue weighted by atomic mass is 9.91. The van der Waals surface area contributed by atoms with Gasteiger partial charge in [-0.05, 0) is 24.3 Å². The molecule has 0 spiro atoms. The molecule has 1 aliphatic carbocycles. The Morgan fingerprint density at radius 3 is 2.53 bits per heavy atom. The van der Waals surface area contributed by atoms with Crippen molar-refractivity contribution in [1.29, 1.82) is 0 Å². The lowest BCUT2D eigenvalue weighted by Gasteiger charge is -2.24. The second-order valence-electron chi connectivity index (χ2n) is 6.27. The van der Waals surface area contributed by atoms with Crippen LogP contribution in [0.3, 0.4) is 0 Å². The van der Waals surface area contributed by atoms with Crippen LogP contribution in [0.4, 0.5) is 0 Å². The molecule has 3 heteroatoms. The number of aliphatic hydroxyl groups is 1. The summed E-state index contributed by atoms with van der Waals surface area (Å²) in [5.74, 6) is 0.547. The highest BCUT2D eigenvalue weighted by molar-refractivity contribution is 5.84. The molecular weight excluding hydrogens is 238 g/mol. The van der Waals surface area contributed by atoms with Crippen LogP contribution in [-0.2, 0) is 4.79 Å². The van der Waals surface area contributed by atoms with Crippen LogP contribution >= 0.6 is 0 Å². The topological polar surface area (TPSA) is 49.3 Å². The van der Waals surface area contributed by atoms with Gasteiger partial charge >= 0.3 is 0 Å². The largest absolute Gasteiger partial charge is 0.396 e. The number of carbonyl (C=O) groups excluding carboxylic acids is 1. The van der Waals surface area contributed by atoms with Crippen molar-refractivity contribution in [2.45, 2.75) is 32.6 Å². The van der Waals surface area contributed by atoms with Crippen molar-refractivity contribution in [3.8, 4) is 0 Å². The summed E-state index contributed by atoms with van der Waals surface area (Å²) >= 11 is 0. The summed E-state index contributed by atoms with van der Waals surface area (Å²) in [6, 6.07) is 9.99. The summed E-state index contributed by atoms with van der Waals surface area (Å²) in [5.41, 5.74) is 0.838. The second kappa shape index (κ2) is 5.74. The average Bonchev–Trinajstić information content (AvgIpc) is 3.23. The van der Waals surface area contributed by atoms with Gasteiger partial charge < -0.3 is 10.4 Å². The number of amides is 1. The average molecular weight is 261 g/mol. The van der Waals surface area contributed by atoms with Crippen molar-refractivity contribution < 1.29 is 9.90 Å². The second-order valence-corrected chi connectivity index (χ2v) is 6.27. The number of carbonyl (C=O) groups is 1. The van der Waals surface area contributed by atoms with Crippen molar-refractivity contribution in [2.24, 2.45) is 11.3 Å². The van der Waals surface area contributed by atoms with E-state index in [9.17, 15) is 9.90 Å². The first-order valence-electron chi connectivity index (χ1n) is 6.97. The quantitative estimate of drug-likeness (QED) is 0.825. The van der Waals surface area contributed by atoms with E-state index in [1.165, 1.54) is 0 Å². The van der Waals surface area contributed by atoms with Crippen molar-refractivity contribution in [2.75, 3.05) is 13.2 Å². The van der Waals surface area contributed by atoms with Gasteiger partial charge in [-0.1, -0.05) is 44.2 Å². The van der Waals surface area contributed by atoms with E-state index in [0.717, 1.165) is 18.4 Å². The number of benzene rings is 1. The Morgan fingerprint density at radius 1 is 1.37 bits per heavy atom. The fourth-order valence-corrected chi connectivity index (χ4v) is 2.22. The number of hydrogen-bond acceptors (Lipinski definition) is 2. The molecule has 104 valence electrons. The molecule has 19 heavy (non-hydrogen) atoms. The van der Waals surface area contributed by atoms with Gasteiger partial charge in [-0.2, -0.15) is 0 Å². The zero-order chi connectivity index (χ0) is 13.9. The predicted octanol–water partition coefficient (Wildman–Crippen LogP) is 2.31. The third kappa shape index (κ3) is 3.80. The Hall–Kier alpha value is -1.35. The van der Waals surface area contributed by atoms with E-state index in [0.29, 0.717) is 12.5 Å². The first-order chi connectivity index (χ1) is 9.03. The number of hydrogen-bond donors (Lipinski definition) is 2. The number of rotatable bonds is 6. The minimum absolute atomic E-state index is 0.0318. The summed E-state index contributed by atoms with van der Waals surface area (Å²) in [5, 5.41) is 12.2. The molecule has 0 saturated heterocycles. The molecule has 0 aromatic heterocycles. The van der Waals surface area contributed by atoms with Crippen LogP contribution in [-0.4, -0.2) is 24.2 Å². The first kappa shape index (κ1) is 14.1. The van der Waals surface area contributed by atoms with Crippen molar-refractivity contribution in [3.63, 3.8) is 0 Å². The summed E-state index contributed by atoms with van der Waals surface area (Å²) in [6.45, 7) is 4.48. The summed E-state index contributed by atoms with van der Waals surface area (Å²) in [6.07, 6.45) is 2.27. The Bertz CT molecular complexity index is 424. The van der Waals surface area contributed by atoms with Crippen LogP contribution in [0.1, 0.15) is 38.2 Å². The molecule has 1 saturated carbocycles. The van der Waals surface area contributed by atoms with Gasteiger partial charge in [-0.3, -0.25) is 4.79 Å². The van der Waals surface area contributed by atoms with Crippen molar-refractivity contribution >= 4 is 5.91 Å². The van der Waals surface area contributed by atoms with E-state index in [-0.39, 0.29) is 23.8 Å². The van der Waals surface area contributed by atoms with Gasteiger partial charge in [0.1, 0.15) is 0 Å². The zero-order valence-corrected chi connectivity index (χ0v) is 11.7. The molecule has 0 radical (unpaired) electrons. The van der Waals surface area contributed by atoms with Gasteiger partial charge in [0, 0.05) is 18.6 Å². The van der Waals surface area contributed by atoms with Crippen LogP contribution in [0.2, 0.25) is 0 Å². The van der Waals surface area contributed by atoms with E-state index < -0.39 is 0 Å². The van der Waals surface area contributed by atoms with Crippen molar-refractivity contribution in [3.05, 3.63) is 35.9 Å². The Kier molecular flexibility index (Phi) is 4.25. The summed E-state index contributed by atoms with van der Waals surface area (Å²) in [4.78, 5) is 12.4. The van der Waals surface area contributed by atoms with E-state index >= 15 is 0 Å². The highest BCUT2D eigenvalue weighted by Gasteiger charge is 2.37. The SMILES string of the molecule is CC(C)(CO)CNC(=O)C(c1ccccc1)C1CC1. The van der Waals surface area contributed by atoms with Crippen LogP contribution < -0.4 is 5.32 Å². The fraction of sp³-hybridized carbons (Fsp3) is 0.562. The first-order valence-corrected chi connectivity index (χ1v) is 6.97. The van der Waals surface area contributed by atoms with Crippen LogP contribution in [0.5, 0.6) is 0 Å². The van der Waals surface area contributed by atoms with Gasteiger partial charge in [0.05, 0.1) is 5.92 Å². The van der Waals surface area contributed by atoms with E-state index in [4.69, 9.17) is 0 Å². The molecule has 3 nitrogen and oxygen atoms in total. The zero-order valence-electron chi connectivity index (χ0n) is 11.7. The molecule has 1 atom stereocenters. The predicted molar refractivity (Wildman–Crippen MR) is 75.8 cm³/mol. The Balaban J connectivity index is 2.02. The lowest BCUT2D eigenvalue weighted by molar-refractivity contribution is -0.123. The van der Waals surface area contributed by atoms with Crippen LogP contribution in [0.15, 0.2) is 30.3 Å². The molecule has 1 aliphatic rings. The molecule has 0 aliphatic heterocycles. The summed E-state index contributed by atoms with van der Waals surface area (Å²) < 4.78 is 0. The maximum absolute atomic E-state index is 12.4. The van der Waals surface area contributed by atoms with Crippen molar-refractivity contribution in [1.82, 2.24) is 5.32 Å². The molecule has 0 heterocycles. The fourth-order valence-electron chi connectivity index (χ4n) is 2.22. The molecule has 1 amide bonds. The minimum Gasteiger partial charge on any atom is -0.396 e. The van der Waals surface area contributed by atoms with Gasteiger partial charge in [-0.15, -0.1) is 0 Å². The summed E-state index contributed by atoms with van der Waals surface area (Å²) in [7, 11) is 0. The maximum atomic E-state index is 12.4. The van der Waals surface area contributed by atoms with Gasteiger partial charge in [-0.25, -0.2) is 0 Å². The highest BCUT2D eigenvalue weighted by Crippen LogP contribution is 2.42. The normalized spacial score (nSPS) is 17.0. The standard InChI is InChI=1S/C16H23NO2/c1-16(2,11-18)10-17-15(19)14(13-8-9-13)12-6-4-3-5-7-12/h3-7,13-14,18H,8-11H2,1-2H3,(H,17,19). The molecule has 1 aromatic rings. The number of aliphatic hydroxyl groups excluding tert-OH is 1. The molecule has 2 N–H and O–H groups in total. The Labute approximate surface area is 115 Å². The van der Waals surface area contributed by atoms with Gasteiger partial charge in [0.15, 0.2) is 0 Å². The molecule has 2 rings (SSSR count). The molecule has 1 unspecified atom stereocenters. The van der Waals surface area contributed by atoms with Crippen LogP contribution in [0, 0.1) is 11.3 Å². The smallest absolute Gasteiger partial charge is 0.227 e. The van der Waals surface area contributed by atoms with Crippen LogP contribution in [0.25, 0.3) is 0 Å². The third-order valence-electron chi connectivity index (χ3n) is 3.70. The maximum Gasteiger partial charge on any atom is 0.227 e. The minimum atomic E-state index is -0.263. The third-order valence-corrected chi connectivity index (χ3v) is 3.70. The van der Waals surface area contributed by atoms with Gasteiger partial charge in [0.2, 0.25) is 5.91 Å². The van der Waals surface area contributed by atoms with Gasteiger partial charge in [0.25, 0.3) is 0 Å². The van der Waals surface area contributed by atoms with E-state index in [2.05, 4.69) is 5.32 Å².